The Morgan fingerprint density at radius 1 is 1.15 bits per heavy atom. The van der Waals surface area contributed by atoms with Crippen molar-refractivity contribution in [2.45, 2.75) is 33.4 Å². The van der Waals surface area contributed by atoms with Crippen molar-refractivity contribution in [2.75, 3.05) is 13.1 Å². The van der Waals surface area contributed by atoms with Gasteiger partial charge in [0.1, 0.15) is 11.3 Å². The van der Waals surface area contributed by atoms with E-state index in [-0.39, 0.29) is 11.9 Å². The summed E-state index contributed by atoms with van der Waals surface area (Å²) in [5, 5.41) is 4.12. The van der Waals surface area contributed by atoms with E-state index in [1.54, 1.807) is 0 Å². The van der Waals surface area contributed by atoms with Crippen LogP contribution in [0.5, 0.6) is 0 Å². The lowest BCUT2D eigenvalue weighted by atomic mass is 10.1. The molecule has 1 heterocycles. The van der Waals surface area contributed by atoms with Gasteiger partial charge in [-0.3, -0.25) is 9.69 Å². The van der Waals surface area contributed by atoms with Gasteiger partial charge in [-0.1, -0.05) is 49.4 Å². The molecule has 0 radical (unpaired) electrons. The lowest BCUT2D eigenvalue weighted by molar-refractivity contribution is -0.123. The lowest BCUT2D eigenvalue weighted by Crippen LogP contribution is -2.38. The molecule has 0 saturated heterocycles. The highest BCUT2D eigenvalue weighted by Crippen LogP contribution is 2.27. The van der Waals surface area contributed by atoms with E-state index in [0.717, 1.165) is 28.8 Å². The highest BCUT2D eigenvalue weighted by Gasteiger charge is 2.20. The lowest BCUT2D eigenvalue weighted by Gasteiger charge is -2.25. The van der Waals surface area contributed by atoms with Crippen molar-refractivity contribution in [1.29, 1.82) is 0 Å². The normalized spacial score (nSPS) is 12.5. The van der Waals surface area contributed by atoms with Crippen molar-refractivity contribution >= 4 is 16.9 Å². The van der Waals surface area contributed by atoms with Crippen LogP contribution in [0.3, 0.4) is 0 Å². The van der Waals surface area contributed by atoms with Crippen LogP contribution in [0.1, 0.15) is 36.8 Å². The number of carbonyl (C=O) groups excluding carboxylic acids is 1. The van der Waals surface area contributed by atoms with Gasteiger partial charge in [0, 0.05) is 11.9 Å². The molecule has 0 fully saturated rings. The number of nitrogens with one attached hydrogen (secondary N) is 1. The quantitative estimate of drug-likeness (QED) is 0.685. The average Bonchev–Trinajstić information content (AvgIpc) is 3.09. The van der Waals surface area contributed by atoms with Crippen LogP contribution in [-0.4, -0.2) is 23.9 Å². The zero-order valence-electron chi connectivity index (χ0n) is 15.7. The fraction of sp³-hybridized carbons (Fsp3) is 0.318. The minimum absolute atomic E-state index is 0.0260. The molecule has 0 saturated carbocycles. The third-order valence-electron chi connectivity index (χ3n) is 4.89. The molecule has 1 amide bonds. The molecule has 0 aliphatic carbocycles. The first kappa shape index (κ1) is 18.2. The summed E-state index contributed by atoms with van der Waals surface area (Å²) in [6, 6.07) is 18.2. The number of amides is 1. The first-order valence-corrected chi connectivity index (χ1v) is 9.12. The fourth-order valence-corrected chi connectivity index (χ4v) is 3.15. The molecule has 0 bridgehead atoms. The molecule has 4 nitrogen and oxygen atoms in total. The Kier molecular flexibility index (Phi) is 5.74. The highest BCUT2D eigenvalue weighted by molar-refractivity contribution is 5.79. The summed E-state index contributed by atoms with van der Waals surface area (Å²) in [4.78, 5) is 14.5. The van der Waals surface area contributed by atoms with Crippen molar-refractivity contribution in [3.05, 3.63) is 71.5 Å². The van der Waals surface area contributed by atoms with E-state index in [9.17, 15) is 4.79 Å². The summed E-state index contributed by atoms with van der Waals surface area (Å²) >= 11 is 0. The maximum absolute atomic E-state index is 12.4. The molecule has 4 heteroatoms. The smallest absolute Gasteiger partial charge is 0.234 e. The monoisotopic (exact) mass is 350 g/mol. The van der Waals surface area contributed by atoms with Crippen LogP contribution in [0.15, 0.2) is 59.0 Å². The second-order valence-corrected chi connectivity index (χ2v) is 6.63. The van der Waals surface area contributed by atoms with Gasteiger partial charge in [0.2, 0.25) is 5.91 Å². The second kappa shape index (κ2) is 8.19. The van der Waals surface area contributed by atoms with E-state index < -0.39 is 0 Å². The van der Waals surface area contributed by atoms with E-state index in [1.807, 2.05) is 42.5 Å². The van der Waals surface area contributed by atoms with Gasteiger partial charge >= 0.3 is 0 Å². The maximum Gasteiger partial charge on any atom is 0.234 e. The Bertz CT molecular complexity index is 851. The predicted octanol–water partition coefficient (Wildman–Crippen LogP) is 4.44. The second-order valence-electron chi connectivity index (χ2n) is 6.63. The maximum atomic E-state index is 12.4. The van der Waals surface area contributed by atoms with Crippen LogP contribution in [0, 0.1) is 6.92 Å². The summed E-state index contributed by atoms with van der Waals surface area (Å²) < 4.78 is 5.97. The SMILES string of the molecule is CCN(CC(=O)NCc1ccccc1C)C(C)c1cc2ccccc2o1. The van der Waals surface area contributed by atoms with E-state index in [4.69, 9.17) is 4.42 Å². The van der Waals surface area contributed by atoms with Crippen molar-refractivity contribution in [2.24, 2.45) is 0 Å². The van der Waals surface area contributed by atoms with Crippen molar-refractivity contribution in [3.63, 3.8) is 0 Å². The molecule has 1 unspecified atom stereocenters. The van der Waals surface area contributed by atoms with Crippen molar-refractivity contribution in [1.82, 2.24) is 10.2 Å². The number of para-hydroxylation sites is 1. The summed E-state index contributed by atoms with van der Waals surface area (Å²) in [5.74, 6) is 0.915. The van der Waals surface area contributed by atoms with E-state index >= 15 is 0 Å². The van der Waals surface area contributed by atoms with Gasteiger partial charge < -0.3 is 9.73 Å². The Morgan fingerprint density at radius 3 is 2.62 bits per heavy atom. The molecule has 1 atom stereocenters. The van der Waals surface area contributed by atoms with Gasteiger partial charge in [-0.05, 0) is 43.7 Å². The molecule has 0 spiro atoms. The number of benzene rings is 2. The van der Waals surface area contributed by atoms with Gasteiger partial charge in [-0.15, -0.1) is 0 Å². The van der Waals surface area contributed by atoms with Crippen LogP contribution in [0.25, 0.3) is 11.0 Å². The topological polar surface area (TPSA) is 45.5 Å². The predicted molar refractivity (Wildman–Crippen MR) is 105 cm³/mol. The number of carbonyl (C=O) groups is 1. The Labute approximate surface area is 154 Å². The van der Waals surface area contributed by atoms with Crippen molar-refractivity contribution < 1.29 is 9.21 Å². The Morgan fingerprint density at radius 2 is 1.88 bits per heavy atom. The largest absolute Gasteiger partial charge is 0.459 e. The zero-order chi connectivity index (χ0) is 18.5. The minimum Gasteiger partial charge on any atom is -0.459 e. The summed E-state index contributed by atoms with van der Waals surface area (Å²) in [6.45, 7) is 7.88. The number of rotatable bonds is 7. The van der Waals surface area contributed by atoms with Gasteiger partial charge in [0.25, 0.3) is 0 Å². The molecular formula is C22H26N2O2. The van der Waals surface area contributed by atoms with E-state index in [2.05, 4.69) is 43.1 Å². The van der Waals surface area contributed by atoms with E-state index in [1.165, 1.54) is 5.56 Å². The molecule has 1 N–H and O–H groups in total. The zero-order valence-corrected chi connectivity index (χ0v) is 15.7. The number of hydrogen-bond donors (Lipinski definition) is 1. The first-order chi connectivity index (χ1) is 12.6. The standard InChI is InChI=1S/C22H26N2O2/c1-4-24(15-22(25)23-14-19-11-6-5-9-16(19)2)17(3)21-13-18-10-7-8-12-20(18)26-21/h5-13,17H,4,14-15H2,1-3H3,(H,23,25). The third kappa shape index (κ3) is 4.14. The highest BCUT2D eigenvalue weighted by atomic mass is 16.3. The van der Waals surface area contributed by atoms with Crippen LogP contribution in [0.2, 0.25) is 0 Å². The van der Waals surface area contributed by atoms with Crippen LogP contribution >= 0.6 is 0 Å². The van der Waals surface area contributed by atoms with Gasteiger partial charge in [0.15, 0.2) is 0 Å². The summed E-state index contributed by atoms with van der Waals surface area (Å²) in [5.41, 5.74) is 3.22. The molecule has 2 aromatic carbocycles. The van der Waals surface area contributed by atoms with Gasteiger partial charge in [-0.25, -0.2) is 0 Å². The number of aryl methyl sites for hydroxylation is 1. The summed E-state index contributed by atoms with van der Waals surface area (Å²) in [7, 11) is 0. The number of furan rings is 1. The number of fused-ring (bicyclic) bond motifs is 1. The summed E-state index contributed by atoms with van der Waals surface area (Å²) in [6.07, 6.45) is 0. The molecule has 26 heavy (non-hydrogen) atoms. The number of likely N-dealkylation sites (N-methyl/N-ethyl adjacent to an activating group) is 1. The molecular weight excluding hydrogens is 324 g/mol. The van der Waals surface area contributed by atoms with Gasteiger partial charge in [0.05, 0.1) is 12.6 Å². The minimum atomic E-state index is 0.0260. The van der Waals surface area contributed by atoms with E-state index in [0.29, 0.717) is 13.1 Å². The molecule has 3 rings (SSSR count). The molecule has 1 aromatic heterocycles. The number of nitrogens with zero attached hydrogens (tertiary/aromatic N) is 1. The third-order valence-corrected chi connectivity index (χ3v) is 4.89. The first-order valence-electron chi connectivity index (χ1n) is 9.12. The van der Waals surface area contributed by atoms with Crippen LogP contribution in [-0.2, 0) is 11.3 Å². The van der Waals surface area contributed by atoms with Crippen molar-refractivity contribution in [3.8, 4) is 0 Å². The average molecular weight is 350 g/mol. The molecule has 0 aliphatic heterocycles. The molecule has 0 aliphatic rings. The van der Waals surface area contributed by atoms with Crippen LogP contribution < -0.4 is 5.32 Å². The Balaban J connectivity index is 1.62. The van der Waals surface area contributed by atoms with Gasteiger partial charge in [-0.2, -0.15) is 0 Å². The van der Waals surface area contributed by atoms with Crippen LogP contribution in [0.4, 0.5) is 0 Å². The molecule has 3 aromatic rings. The fourth-order valence-electron chi connectivity index (χ4n) is 3.15. The Hall–Kier alpha value is -2.59. The number of hydrogen-bond acceptors (Lipinski definition) is 3. The molecule has 136 valence electrons.